The van der Waals surface area contributed by atoms with Gasteiger partial charge in [0.2, 0.25) is 10.4 Å². The Balaban J connectivity index is 0. The summed E-state index contributed by atoms with van der Waals surface area (Å²) in [6.07, 6.45) is 48.3. The van der Waals surface area contributed by atoms with E-state index >= 15 is 0 Å². The molecule has 264 valence electrons. The van der Waals surface area contributed by atoms with Crippen molar-refractivity contribution in [3.8, 4) is 0 Å². The van der Waals surface area contributed by atoms with Gasteiger partial charge in [0.05, 0.1) is 6.61 Å². The maximum atomic E-state index is 11.0. The van der Waals surface area contributed by atoms with E-state index in [1.54, 1.807) is 0 Å². The van der Waals surface area contributed by atoms with Crippen molar-refractivity contribution in [3.05, 3.63) is 12.2 Å². The molecule has 0 aliphatic rings. The maximum absolute atomic E-state index is 11.0. The van der Waals surface area contributed by atoms with Crippen LogP contribution < -0.4 is 51.4 Å². The minimum absolute atomic E-state index is 0. The summed E-state index contributed by atoms with van der Waals surface area (Å²) in [5.41, 5.74) is 0. The third-order valence-electron chi connectivity index (χ3n) is 9.24. The number of rotatable bonds is 37. The van der Waals surface area contributed by atoms with Crippen molar-refractivity contribution in [2.24, 2.45) is 5.92 Å². The van der Waals surface area contributed by atoms with Crippen molar-refractivity contribution < 1.29 is 68.5 Å². The zero-order valence-electron chi connectivity index (χ0n) is 30.8. The molecular formula is C39H77KO4S. The second-order valence-corrected chi connectivity index (χ2v) is 14.8. The Kier molecular flexibility index (Phi) is 42.6. The standard InChI is InChI=1S/C39H78O4S.K/c1-3-5-7-9-11-13-15-17-18-19-20-21-22-23-25-27-29-31-33-35-37-39(38-43-44(40,41)42)36-34-32-30-28-26-24-16-14-12-10-8-6-4-2;/h35,37,39H,3-34,36,38H2,1-2H3,(H,40,41,42);/q;+1/p-1/b37-35+;. The van der Waals surface area contributed by atoms with Gasteiger partial charge in [-0.3, -0.25) is 4.18 Å². The summed E-state index contributed by atoms with van der Waals surface area (Å²) in [5, 5.41) is 0. The first-order chi connectivity index (χ1) is 21.5. The molecule has 6 heteroatoms. The van der Waals surface area contributed by atoms with Gasteiger partial charge in [-0.15, -0.1) is 0 Å². The Morgan fingerprint density at radius 2 is 0.778 bits per heavy atom. The Hall–Kier alpha value is 1.25. The molecule has 0 rings (SSSR count). The van der Waals surface area contributed by atoms with Crippen LogP contribution in [0.15, 0.2) is 12.2 Å². The fraction of sp³-hybridized carbons (Fsp3) is 0.949. The molecule has 0 aliphatic heterocycles. The van der Waals surface area contributed by atoms with Crippen molar-refractivity contribution in [2.45, 2.75) is 226 Å². The molecule has 0 N–H and O–H groups in total. The van der Waals surface area contributed by atoms with E-state index in [4.69, 9.17) is 0 Å². The van der Waals surface area contributed by atoms with Gasteiger partial charge in [-0.1, -0.05) is 219 Å². The Morgan fingerprint density at radius 3 is 1.09 bits per heavy atom. The third kappa shape index (κ3) is 43.2. The van der Waals surface area contributed by atoms with E-state index in [1.807, 2.05) is 0 Å². The fourth-order valence-corrected chi connectivity index (χ4v) is 6.62. The van der Waals surface area contributed by atoms with E-state index in [2.05, 4.69) is 30.2 Å². The van der Waals surface area contributed by atoms with E-state index in [-0.39, 0.29) is 63.9 Å². The SMILES string of the molecule is CCCCCCCCCCCCCCCCCCCC/C=C/C(CCCCCCCCCCCCCCC)COS(=O)(=O)[O-].[K+]. The first kappa shape index (κ1) is 48.4. The largest absolute Gasteiger partial charge is 1.00 e. The predicted molar refractivity (Wildman–Crippen MR) is 192 cm³/mol. The van der Waals surface area contributed by atoms with Crippen molar-refractivity contribution in [2.75, 3.05) is 6.61 Å². The predicted octanol–water partition coefficient (Wildman–Crippen LogP) is 10.6. The zero-order chi connectivity index (χ0) is 32.2. The van der Waals surface area contributed by atoms with Gasteiger partial charge >= 0.3 is 51.4 Å². The molecule has 0 aromatic heterocycles. The van der Waals surface area contributed by atoms with Gasteiger partial charge in [-0.25, -0.2) is 8.42 Å². The minimum atomic E-state index is -4.62. The second-order valence-electron chi connectivity index (χ2n) is 13.7. The third-order valence-corrected chi connectivity index (χ3v) is 9.66. The van der Waals surface area contributed by atoms with Crippen molar-refractivity contribution in [1.82, 2.24) is 0 Å². The summed E-state index contributed by atoms with van der Waals surface area (Å²) >= 11 is 0. The summed E-state index contributed by atoms with van der Waals surface area (Å²) in [7, 11) is -4.62. The normalized spacial score (nSPS) is 12.6. The van der Waals surface area contributed by atoms with Gasteiger partial charge in [0.25, 0.3) is 0 Å². The second kappa shape index (κ2) is 39.7. The Labute approximate surface area is 326 Å². The smallest absolute Gasteiger partial charge is 0.726 e. The molecule has 4 nitrogen and oxygen atoms in total. The Bertz CT molecular complexity index is 683. The van der Waals surface area contributed by atoms with Crippen LogP contribution in [0.5, 0.6) is 0 Å². The quantitative estimate of drug-likeness (QED) is 0.0215. The average molecular weight is 681 g/mol. The van der Waals surface area contributed by atoms with E-state index in [1.165, 1.54) is 193 Å². The topological polar surface area (TPSA) is 66.4 Å². The van der Waals surface area contributed by atoms with Crippen LogP contribution in [0.3, 0.4) is 0 Å². The van der Waals surface area contributed by atoms with Crippen LogP contribution in [0.2, 0.25) is 0 Å². The van der Waals surface area contributed by atoms with E-state index in [0.29, 0.717) is 0 Å². The average Bonchev–Trinajstić information content (AvgIpc) is 3.00. The van der Waals surface area contributed by atoms with Gasteiger partial charge in [-0.05, 0) is 19.3 Å². The van der Waals surface area contributed by atoms with Gasteiger partial charge in [0.15, 0.2) is 0 Å². The molecule has 0 aliphatic carbocycles. The molecule has 0 radical (unpaired) electrons. The van der Waals surface area contributed by atoms with Crippen molar-refractivity contribution in [1.29, 1.82) is 0 Å². The Morgan fingerprint density at radius 1 is 0.489 bits per heavy atom. The molecule has 0 spiro atoms. The summed E-state index contributed by atoms with van der Waals surface area (Å²) in [6.45, 7) is 4.54. The summed E-state index contributed by atoms with van der Waals surface area (Å²) in [4.78, 5) is 0. The zero-order valence-corrected chi connectivity index (χ0v) is 34.8. The molecule has 0 saturated carbocycles. The summed E-state index contributed by atoms with van der Waals surface area (Å²) in [5.74, 6) is 0.0157. The summed E-state index contributed by atoms with van der Waals surface area (Å²) < 4.78 is 37.6. The van der Waals surface area contributed by atoms with Crippen LogP contribution in [0.25, 0.3) is 0 Å². The van der Waals surface area contributed by atoms with Crippen molar-refractivity contribution >= 4 is 10.4 Å². The van der Waals surface area contributed by atoms with Crippen LogP contribution in [0, 0.1) is 5.92 Å². The molecule has 0 fully saturated rings. The van der Waals surface area contributed by atoms with Crippen LogP contribution >= 0.6 is 0 Å². The van der Waals surface area contributed by atoms with Gasteiger partial charge < -0.3 is 4.55 Å². The van der Waals surface area contributed by atoms with Crippen LogP contribution in [-0.2, 0) is 14.6 Å². The van der Waals surface area contributed by atoms with Crippen LogP contribution in [0.4, 0.5) is 0 Å². The molecule has 0 aromatic carbocycles. The number of unbranched alkanes of at least 4 members (excludes halogenated alkanes) is 30. The van der Waals surface area contributed by atoms with E-state index < -0.39 is 10.4 Å². The van der Waals surface area contributed by atoms with Gasteiger partial charge in [0.1, 0.15) is 0 Å². The summed E-state index contributed by atoms with van der Waals surface area (Å²) in [6, 6.07) is 0. The first-order valence-corrected chi connectivity index (χ1v) is 21.1. The number of hydrogen-bond acceptors (Lipinski definition) is 4. The molecule has 1 atom stereocenters. The minimum Gasteiger partial charge on any atom is -0.726 e. The first-order valence-electron chi connectivity index (χ1n) is 19.8. The molecule has 0 saturated heterocycles. The number of allylic oxidation sites excluding steroid dienone is 1. The fourth-order valence-electron chi connectivity index (χ4n) is 6.28. The molecular weight excluding hydrogens is 604 g/mol. The molecule has 1 unspecified atom stereocenters. The number of hydrogen-bond donors (Lipinski definition) is 0. The van der Waals surface area contributed by atoms with Gasteiger partial charge in [-0.2, -0.15) is 0 Å². The molecule has 45 heavy (non-hydrogen) atoms. The van der Waals surface area contributed by atoms with Crippen molar-refractivity contribution in [3.63, 3.8) is 0 Å². The van der Waals surface area contributed by atoms with Crippen LogP contribution in [0.1, 0.15) is 226 Å². The molecule has 0 amide bonds. The molecule has 0 bridgehead atoms. The molecule has 0 heterocycles. The van der Waals surface area contributed by atoms with Gasteiger partial charge in [0, 0.05) is 5.92 Å². The van der Waals surface area contributed by atoms with E-state index in [9.17, 15) is 13.0 Å². The maximum Gasteiger partial charge on any atom is 1.00 e. The van der Waals surface area contributed by atoms with E-state index in [0.717, 1.165) is 19.3 Å². The van der Waals surface area contributed by atoms with Crippen LogP contribution in [-0.4, -0.2) is 19.6 Å². The monoisotopic (exact) mass is 681 g/mol. The molecule has 0 aromatic rings.